The van der Waals surface area contributed by atoms with Crippen LogP contribution in [0.25, 0.3) is 0 Å². The van der Waals surface area contributed by atoms with Crippen LogP contribution in [0, 0.1) is 5.41 Å². The van der Waals surface area contributed by atoms with Crippen molar-refractivity contribution in [2.75, 3.05) is 39.9 Å². The Morgan fingerprint density at radius 3 is 2.40 bits per heavy atom. The van der Waals surface area contributed by atoms with E-state index in [2.05, 4.69) is 38.0 Å². The number of rotatable bonds is 7. The SMILES string of the molecule is CC(O)CCN(C)CC1(CNC(C)(C)C)CCOCC1. The monoisotopic (exact) mass is 286 g/mol. The molecule has 1 heterocycles. The van der Waals surface area contributed by atoms with E-state index in [1.165, 1.54) is 0 Å². The van der Waals surface area contributed by atoms with Gasteiger partial charge in [0.15, 0.2) is 0 Å². The van der Waals surface area contributed by atoms with E-state index < -0.39 is 0 Å². The summed E-state index contributed by atoms with van der Waals surface area (Å²) in [6, 6.07) is 0. The molecule has 1 unspecified atom stereocenters. The summed E-state index contributed by atoms with van der Waals surface area (Å²) >= 11 is 0. The fourth-order valence-corrected chi connectivity index (χ4v) is 2.71. The van der Waals surface area contributed by atoms with Gasteiger partial charge in [-0.05, 0) is 59.4 Å². The summed E-state index contributed by atoms with van der Waals surface area (Å²) in [7, 11) is 2.16. The number of aliphatic hydroxyl groups excluding tert-OH is 1. The fraction of sp³-hybridized carbons (Fsp3) is 1.00. The maximum Gasteiger partial charge on any atom is 0.0524 e. The molecule has 4 nitrogen and oxygen atoms in total. The first kappa shape index (κ1) is 17.9. The van der Waals surface area contributed by atoms with Crippen molar-refractivity contribution in [3.05, 3.63) is 0 Å². The molecule has 1 rings (SSSR count). The van der Waals surface area contributed by atoms with Crippen molar-refractivity contribution in [1.29, 1.82) is 0 Å². The van der Waals surface area contributed by atoms with Crippen LogP contribution in [-0.4, -0.2) is 61.5 Å². The molecule has 1 fully saturated rings. The minimum atomic E-state index is -0.212. The Labute approximate surface area is 124 Å². The molecule has 120 valence electrons. The first-order valence-corrected chi connectivity index (χ1v) is 7.92. The van der Waals surface area contributed by atoms with E-state index in [1.807, 2.05) is 6.92 Å². The number of ether oxygens (including phenoxy) is 1. The van der Waals surface area contributed by atoms with Gasteiger partial charge in [-0.1, -0.05) is 0 Å². The number of hydrogen-bond acceptors (Lipinski definition) is 4. The van der Waals surface area contributed by atoms with E-state index >= 15 is 0 Å². The Hall–Kier alpha value is -0.160. The minimum Gasteiger partial charge on any atom is -0.393 e. The van der Waals surface area contributed by atoms with Crippen molar-refractivity contribution < 1.29 is 9.84 Å². The highest BCUT2D eigenvalue weighted by atomic mass is 16.5. The molecule has 0 aliphatic carbocycles. The predicted molar refractivity (Wildman–Crippen MR) is 84.0 cm³/mol. The summed E-state index contributed by atoms with van der Waals surface area (Å²) in [5.74, 6) is 0. The lowest BCUT2D eigenvalue weighted by Gasteiger charge is -2.42. The van der Waals surface area contributed by atoms with Crippen molar-refractivity contribution in [3.8, 4) is 0 Å². The van der Waals surface area contributed by atoms with E-state index in [0.29, 0.717) is 5.41 Å². The molecule has 0 aromatic heterocycles. The van der Waals surface area contributed by atoms with Crippen molar-refractivity contribution in [3.63, 3.8) is 0 Å². The normalized spacial score (nSPS) is 21.1. The van der Waals surface area contributed by atoms with Gasteiger partial charge in [0.1, 0.15) is 0 Å². The van der Waals surface area contributed by atoms with E-state index in [-0.39, 0.29) is 11.6 Å². The van der Waals surface area contributed by atoms with E-state index in [9.17, 15) is 5.11 Å². The van der Waals surface area contributed by atoms with Crippen LogP contribution in [-0.2, 0) is 4.74 Å². The summed E-state index contributed by atoms with van der Waals surface area (Å²) in [6.45, 7) is 13.3. The summed E-state index contributed by atoms with van der Waals surface area (Å²) in [6.07, 6.45) is 2.87. The highest BCUT2D eigenvalue weighted by molar-refractivity contribution is 4.89. The van der Waals surface area contributed by atoms with Crippen molar-refractivity contribution in [2.45, 2.75) is 58.6 Å². The van der Waals surface area contributed by atoms with Crippen LogP contribution in [0.5, 0.6) is 0 Å². The summed E-state index contributed by atoms with van der Waals surface area (Å²) in [5.41, 5.74) is 0.461. The zero-order valence-electron chi connectivity index (χ0n) is 14.0. The second kappa shape index (κ2) is 7.74. The number of aliphatic hydroxyl groups is 1. The van der Waals surface area contributed by atoms with Gasteiger partial charge in [-0.3, -0.25) is 0 Å². The third-order valence-electron chi connectivity index (χ3n) is 4.08. The molecule has 1 aliphatic rings. The van der Waals surface area contributed by atoms with Crippen molar-refractivity contribution in [2.24, 2.45) is 5.41 Å². The average Bonchev–Trinajstić information content (AvgIpc) is 2.34. The van der Waals surface area contributed by atoms with E-state index in [4.69, 9.17) is 4.74 Å². The van der Waals surface area contributed by atoms with Crippen LogP contribution in [0.3, 0.4) is 0 Å². The smallest absolute Gasteiger partial charge is 0.0524 e. The molecule has 0 radical (unpaired) electrons. The zero-order chi connectivity index (χ0) is 15.2. The van der Waals surface area contributed by atoms with Crippen LogP contribution in [0.2, 0.25) is 0 Å². The number of nitrogens with zero attached hydrogens (tertiary/aromatic N) is 1. The third kappa shape index (κ3) is 7.02. The molecule has 0 aromatic carbocycles. The van der Waals surface area contributed by atoms with Crippen LogP contribution >= 0.6 is 0 Å². The van der Waals surface area contributed by atoms with Crippen molar-refractivity contribution >= 4 is 0 Å². The van der Waals surface area contributed by atoms with E-state index in [0.717, 1.165) is 52.1 Å². The Kier molecular flexibility index (Phi) is 6.92. The molecular weight excluding hydrogens is 252 g/mol. The molecule has 1 atom stereocenters. The molecular formula is C16H34N2O2. The fourth-order valence-electron chi connectivity index (χ4n) is 2.71. The topological polar surface area (TPSA) is 44.7 Å². The zero-order valence-corrected chi connectivity index (χ0v) is 14.0. The molecule has 1 saturated heterocycles. The lowest BCUT2D eigenvalue weighted by molar-refractivity contribution is -0.00470. The predicted octanol–water partition coefficient (Wildman–Crippen LogP) is 1.87. The van der Waals surface area contributed by atoms with Crippen LogP contribution in [0.4, 0.5) is 0 Å². The molecule has 0 spiro atoms. The number of hydrogen-bond donors (Lipinski definition) is 2. The lowest BCUT2D eigenvalue weighted by Crippen LogP contribution is -2.50. The second-order valence-electron chi connectivity index (χ2n) is 7.59. The third-order valence-corrected chi connectivity index (χ3v) is 4.08. The van der Waals surface area contributed by atoms with Crippen LogP contribution in [0.15, 0.2) is 0 Å². The maximum absolute atomic E-state index is 9.42. The second-order valence-corrected chi connectivity index (χ2v) is 7.59. The Morgan fingerprint density at radius 1 is 1.30 bits per heavy atom. The van der Waals surface area contributed by atoms with Crippen LogP contribution < -0.4 is 5.32 Å². The summed E-state index contributed by atoms with van der Waals surface area (Å²) in [5, 5.41) is 13.1. The van der Waals surface area contributed by atoms with Gasteiger partial charge in [0.05, 0.1) is 6.10 Å². The standard InChI is InChI=1S/C16H34N2O2/c1-14(19)6-9-18(5)13-16(7-10-20-11-8-16)12-17-15(2,3)4/h14,17,19H,6-13H2,1-5H3. The van der Waals surface area contributed by atoms with Gasteiger partial charge >= 0.3 is 0 Å². The minimum absolute atomic E-state index is 0.156. The quantitative estimate of drug-likeness (QED) is 0.750. The van der Waals surface area contributed by atoms with E-state index in [1.54, 1.807) is 0 Å². The van der Waals surface area contributed by atoms with Crippen molar-refractivity contribution in [1.82, 2.24) is 10.2 Å². The molecule has 0 amide bonds. The van der Waals surface area contributed by atoms with Gasteiger partial charge in [0.25, 0.3) is 0 Å². The largest absolute Gasteiger partial charge is 0.393 e. The average molecular weight is 286 g/mol. The molecule has 20 heavy (non-hydrogen) atoms. The van der Waals surface area contributed by atoms with Gasteiger partial charge < -0.3 is 20.1 Å². The molecule has 0 saturated carbocycles. The molecule has 1 aliphatic heterocycles. The molecule has 0 aromatic rings. The van der Waals surface area contributed by atoms with Crippen LogP contribution in [0.1, 0.15) is 47.0 Å². The highest BCUT2D eigenvalue weighted by Crippen LogP contribution is 2.31. The summed E-state index contributed by atoms with van der Waals surface area (Å²) in [4.78, 5) is 2.36. The highest BCUT2D eigenvalue weighted by Gasteiger charge is 2.34. The van der Waals surface area contributed by atoms with Gasteiger partial charge in [-0.2, -0.15) is 0 Å². The van der Waals surface area contributed by atoms with Gasteiger partial charge in [0.2, 0.25) is 0 Å². The Bertz CT molecular complexity index is 268. The first-order chi connectivity index (χ1) is 9.22. The molecule has 4 heteroatoms. The Balaban J connectivity index is 2.54. The molecule has 0 bridgehead atoms. The Morgan fingerprint density at radius 2 is 1.90 bits per heavy atom. The maximum atomic E-state index is 9.42. The number of nitrogens with one attached hydrogen (secondary N) is 1. The van der Waals surface area contributed by atoms with Gasteiger partial charge in [0, 0.05) is 38.4 Å². The lowest BCUT2D eigenvalue weighted by atomic mass is 9.79. The summed E-state index contributed by atoms with van der Waals surface area (Å²) < 4.78 is 5.55. The van der Waals surface area contributed by atoms with Gasteiger partial charge in [-0.15, -0.1) is 0 Å². The molecule has 2 N–H and O–H groups in total. The first-order valence-electron chi connectivity index (χ1n) is 7.92. The van der Waals surface area contributed by atoms with Gasteiger partial charge in [-0.25, -0.2) is 0 Å².